The molecule has 0 unspecified atom stereocenters. The number of furan rings is 1. The van der Waals surface area contributed by atoms with E-state index in [1.54, 1.807) is 17.0 Å². The fourth-order valence-electron chi connectivity index (χ4n) is 3.53. The van der Waals surface area contributed by atoms with E-state index in [2.05, 4.69) is 29.4 Å². The summed E-state index contributed by atoms with van der Waals surface area (Å²) in [5.41, 5.74) is 3.25. The molecule has 6 nitrogen and oxygen atoms in total. The maximum Gasteiger partial charge on any atom is 0.289 e. The Hall–Kier alpha value is -2.67. The lowest BCUT2D eigenvalue weighted by atomic mass is 9.96. The second-order valence-electron chi connectivity index (χ2n) is 6.98. The third-order valence-electron chi connectivity index (χ3n) is 4.94. The number of carbonyl (C=O) groups excluding carboxylic acids is 2. The molecule has 1 aliphatic heterocycles. The van der Waals surface area contributed by atoms with Crippen molar-refractivity contribution in [3.05, 3.63) is 47.4 Å². The van der Waals surface area contributed by atoms with Gasteiger partial charge in [0.25, 0.3) is 5.91 Å². The average molecular weight is 383 g/mol. The first-order chi connectivity index (χ1) is 13.0. The summed E-state index contributed by atoms with van der Waals surface area (Å²) in [6.45, 7) is 5.19. The molecule has 0 saturated carbocycles. The Morgan fingerprint density at radius 1 is 1.26 bits per heavy atom. The maximum absolute atomic E-state index is 12.6. The Balaban J connectivity index is 1.38. The van der Waals surface area contributed by atoms with Crippen LogP contribution in [0.2, 0.25) is 0 Å². The highest BCUT2D eigenvalue weighted by Crippen LogP contribution is 2.30. The number of piperidine rings is 1. The normalized spacial score (nSPS) is 15.3. The SMILES string of the molecule is Cc1cc(C)c2nc(NC(=O)C3CCN(C(=O)c4ccco4)CC3)sc2c1. The standard InChI is InChI=1S/C20H21N3O3S/c1-12-10-13(2)17-16(11-12)27-20(21-17)22-18(24)14-5-7-23(8-6-14)19(25)15-4-3-9-26-15/h3-4,9-11,14H,5-8H2,1-2H3,(H,21,22,24). The Morgan fingerprint density at radius 3 is 2.74 bits per heavy atom. The quantitative estimate of drug-likeness (QED) is 0.742. The Kier molecular flexibility index (Phi) is 4.70. The van der Waals surface area contributed by atoms with Crippen molar-refractivity contribution in [2.45, 2.75) is 26.7 Å². The zero-order valence-electron chi connectivity index (χ0n) is 15.3. The molecule has 0 aliphatic carbocycles. The van der Waals surface area contributed by atoms with Crippen LogP contribution in [0.25, 0.3) is 10.2 Å². The van der Waals surface area contributed by atoms with Gasteiger partial charge in [-0.25, -0.2) is 4.98 Å². The minimum Gasteiger partial charge on any atom is -0.459 e. The number of hydrogen-bond acceptors (Lipinski definition) is 5. The molecule has 7 heteroatoms. The molecule has 0 spiro atoms. The van der Waals surface area contributed by atoms with Crippen LogP contribution in [-0.4, -0.2) is 34.8 Å². The number of amides is 2. The molecule has 3 aromatic rings. The van der Waals surface area contributed by atoms with E-state index in [0.29, 0.717) is 36.8 Å². The van der Waals surface area contributed by atoms with Crippen LogP contribution in [-0.2, 0) is 4.79 Å². The van der Waals surface area contributed by atoms with Crippen molar-refractivity contribution in [1.29, 1.82) is 0 Å². The molecule has 2 amide bonds. The van der Waals surface area contributed by atoms with Crippen LogP contribution in [0.4, 0.5) is 5.13 Å². The van der Waals surface area contributed by atoms with Gasteiger partial charge in [-0.2, -0.15) is 0 Å². The van der Waals surface area contributed by atoms with Gasteiger partial charge >= 0.3 is 0 Å². The summed E-state index contributed by atoms with van der Waals surface area (Å²) in [5, 5.41) is 3.60. The van der Waals surface area contributed by atoms with E-state index in [0.717, 1.165) is 15.8 Å². The number of likely N-dealkylation sites (tertiary alicyclic amines) is 1. The van der Waals surface area contributed by atoms with Crippen molar-refractivity contribution in [2.75, 3.05) is 18.4 Å². The first-order valence-electron chi connectivity index (χ1n) is 9.02. The summed E-state index contributed by atoms with van der Waals surface area (Å²) in [4.78, 5) is 31.3. The lowest BCUT2D eigenvalue weighted by molar-refractivity contribution is -0.121. The van der Waals surface area contributed by atoms with Gasteiger partial charge < -0.3 is 14.6 Å². The zero-order chi connectivity index (χ0) is 19.0. The highest BCUT2D eigenvalue weighted by Gasteiger charge is 2.29. The lowest BCUT2D eigenvalue weighted by Gasteiger charge is -2.30. The number of carbonyl (C=O) groups is 2. The Morgan fingerprint density at radius 2 is 2.04 bits per heavy atom. The number of nitrogens with zero attached hydrogens (tertiary/aromatic N) is 2. The van der Waals surface area contributed by atoms with Crippen molar-refractivity contribution in [2.24, 2.45) is 5.92 Å². The van der Waals surface area contributed by atoms with Crippen molar-refractivity contribution in [1.82, 2.24) is 9.88 Å². The van der Waals surface area contributed by atoms with E-state index in [4.69, 9.17) is 4.42 Å². The number of aryl methyl sites for hydroxylation is 2. The molecule has 3 heterocycles. The highest BCUT2D eigenvalue weighted by atomic mass is 32.1. The molecular formula is C20H21N3O3S. The molecule has 140 valence electrons. The van der Waals surface area contributed by atoms with Crippen LogP contribution in [0.5, 0.6) is 0 Å². The van der Waals surface area contributed by atoms with E-state index in [1.165, 1.54) is 23.2 Å². The predicted octanol–water partition coefficient (Wildman–Crippen LogP) is 4.00. The largest absolute Gasteiger partial charge is 0.459 e. The van der Waals surface area contributed by atoms with E-state index in [-0.39, 0.29) is 17.7 Å². The number of anilines is 1. The predicted molar refractivity (Wildman–Crippen MR) is 105 cm³/mol. The molecule has 1 aliphatic rings. The van der Waals surface area contributed by atoms with E-state index in [1.807, 2.05) is 6.92 Å². The number of fused-ring (bicyclic) bond motifs is 1. The molecule has 27 heavy (non-hydrogen) atoms. The molecule has 0 atom stereocenters. The fourth-order valence-corrected chi connectivity index (χ4v) is 4.58. The Labute approximate surface area is 161 Å². The molecule has 0 bridgehead atoms. The van der Waals surface area contributed by atoms with Gasteiger partial charge in [0.15, 0.2) is 10.9 Å². The first kappa shape index (κ1) is 17.7. The summed E-state index contributed by atoms with van der Waals surface area (Å²) in [7, 11) is 0. The van der Waals surface area contributed by atoms with Crippen LogP contribution in [0, 0.1) is 19.8 Å². The summed E-state index contributed by atoms with van der Waals surface area (Å²) in [6, 6.07) is 7.56. The van der Waals surface area contributed by atoms with E-state index in [9.17, 15) is 9.59 Å². The van der Waals surface area contributed by atoms with Crippen molar-refractivity contribution >= 4 is 38.5 Å². The van der Waals surface area contributed by atoms with Gasteiger partial charge in [0, 0.05) is 19.0 Å². The minimum atomic E-state index is -0.115. The molecular weight excluding hydrogens is 362 g/mol. The van der Waals surface area contributed by atoms with Crippen LogP contribution in [0.3, 0.4) is 0 Å². The summed E-state index contributed by atoms with van der Waals surface area (Å²) >= 11 is 1.50. The van der Waals surface area contributed by atoms with Crippen LogP contribution in [0.15, 0.2) is 34.9 Å². The number of hydrogen-bond donors (Lipinski definition) is 1. The number of thiazole rings is 1. The van der Waals surface area contributed by atoms with Gasteiger partial charge in [0.2, 0.25) is 5.91 Å². The Bertz CT molecular complexity index is 985. The molecule has 1 aromatic carbocycles. The number of nitrogens with one attached hydrogen (secondary N) is 1. The van der Waals surface area contributed by atoms with Gasteiger partial charge in [-0.15, -0.1) is 0 Å². The highest BCUT2D eigenvalue weighted by molar-refractivity contribution is 7.22. The van der Waals surface area contributed by atoms with Crippen molar-refractivity contribution in [3.8, 4) is 0 Å². The van der Waals surface area contributed by atoms with E-state index >= 15 is 0 Å². The third kappa shape index (κ3) is 3.60. The van der Waals surface area contributed by atoms with E-state index < -0.39 is 0 Å². The molecule has 1 N–H and O–H groups in total. The zero-order valence-corrected chi connectivity index (χ0v) is 16.1. The number of benzene rings is 1. The molecule has 1 saturated heterocycles. The smallest absolute Gasteiger partial charge is 0.289 e. The second kappa shape index (κ2) is 7.15. The lowest BCUT2D eigenvalue weighted by Crippen LogP contribution is -2.41. The van der Waals surface area contributed by atoms with Crippen molar-refractivity contribution in [3.63, 3.8) is 0 Å². The van der Waals surface area contributed by atoms with Crippen LogP contribution >= 0.6 is 11.3 Å². The molecule has 4 rings (SSSR count). The number of aromatic nitrogens is 1. The summed E-state index contributed by atoms with van der Waals surface area (Å²) < 4.78 is 6.26. The van der Waals surface area contributed by atoms with Crippen LogP contribution < -0.4 is 5.32 Å². The van der Waals surface area contributed by atoms with Crippen molar-refractivity contribution < 1.29 is 14.0 Å². The average Bonchev–Trinajstić information content (AvgIpc) is 3.31. The van der Waals surface area contributed by atoms with Gasteiger partial charge in [-0.3, -0.25) is 9.59 Å². The molecule has 1 fully saturated rings. The molecule has 0 radical (unpaired) electrons. The second-order valence-corrected chi connectivity index (χ2v) is 8.01. The summed E-state index contributed by atoms with van der Waals surface area (Å²) in [6.07, 6.45) is 2.78. The fraction of sp³-hybridized carbons (Fsp3) is 0.350. The van der Waals surface area contributed by atoms with Gasteiger partial charge in [-0.05, 0) is 56.0 Å². The third-order valence-corrected chi connectivity index (χ3v) is 5.86. The maximum atomic E-state index is 12.6. The first-order valence-corrected chi connectivity index (χ1v) is 9.84. The molecule has 2 aromatic heterocycles. The topological polar surface area (TPSA) is 75.4 Å². The van der Waals surface area contributed by atoms with Gasteiger partial charge in [0.1, 0.15) is 0 Å². The van der Waals surface area contributed by atoms with Gasteiger partial charge in [-0.1, -0.05) is 17.4 Å². The van der Waals surface area contributed by atoms with Gasteiger partial charge in [0.05, 0.1) is 16.5 Å². The van der Waals surface area contributed by atoms with Crippen LogP contribution in [0.1, 0.15) is 34.5 Å². The summed E-state index contributed by atoms with van der Waals surface area (Å²) in [5.74, 6) is 0.0999. The number of rotatable bonds is 3. The minimum absolute atomic E-state index is 0.0199. The monoisotopic (exact) mass is 383 g/mol.